The second-order valence-electron chi connectivity index (χ2n) is 5.29. The molecule has 4 heterocycles. The van der Waals surface area contributed by atoms with Crippen molar-refractivity contribution in [3.63, 3.8) is 0 Å². The van der Waals surface area contributed by atoms with E-state index >= 15 is 0 Å². The predicted octanol–water partition coefficient (Wildman–Crippen LogP) is 1.42. The molecule has 4 rings (SSSR count). The number of imidazole rings is 1. The molecule has 120 valence electrons. The number of nitrogens with zero attached hydrogens (tertiary/aromatic N) is 4. The number of aromatic nitrogens is 4. The summed E-state index contributed by atoms with van der Waals surface area (Å²) in [5.41, 5.74) is 1.38. The second kappa shape index (κ2) is 5.89. The van der Waals surface area contributed by atoms with Gasteiger partial charge in [0.1, 0.15) is 17.0 Å². The van der Waals surface area contributed by atoms with Crippen molar-refractivity contribution in [2.24, 2.45) is 0 Å². The number of amides is 1. The molecule has 0 aliphatic rings. The lowest BCUT2D eigenvalue weighted by Crippen LogP contribution is -2.32. The monoisotopic (exact) mass is 339 g/mol. The summed E-state index contributed by atoms with van der Waals surface area (Å²) in [6.45, 7) is 0.244. The Balaban J connectivity index is 1.46. The zero-order valence-electron chi connectivity index (χ0n) is 12.5. The average Bonchev–Trinajstić information content (AvgIpc) is 3.22. The van der Waals surface area contributed by atoms with E-state index in [2.05, 4.69) is 15.3 Å². The van der Waals surface area contributed by atoms with Crippen molar-refractivity contribution in [2.45, 2.75) is 13.1 Å². The Kier molecular flexibility index (Phi) is 3.58. The Hall–Kier alpha value is -3.00. The summed E-state index contributed by atoms with van der Waals surface area (Å²) in [6.07, 6.45) is 5.17. The highest BCUT2D eigenvalue weighted by atomic mass is 32.1. The molecule has 7 nitrogen and oxygen atoms in total. The van der Waals surface area contributed by atoms with E-state index in [1.807, 2.05) is 40.4 Å². The van der Waals surface area contributed by atoms with Gasteiger partial charge in [-0.25, -0.2) is 9.97 Å². The molecule has 24 heavy (non-hydrogen) atoms. The third kappa shape index (κ3) is 2.67. The maximum Gasteiger partial charge on any atom is 0.262 e. The van der Waals surface area contributed by atoms with E-state index in [1.165, 1.54) is 22.2 Å². The number of pyridine rings is 1. The Labute approximate surface area is 140 Å². The molecule has 1 amide bonds. The molecule has 0 spiro atoms. The van der Waals surface area contributed by atoms with Crippen LogP contribution >= 0.6 is 11.3 Å². The van der Waals surface area contributed by atoms with Crippen molar-refractivity contribution >= 4 is 33.1 Å². The van der Waals surface area contributed by atoms with Crippen LogP contribution in [0.3, 0.4) is 0 Å². The van der Waals surface area contributed by atoms with Gasteiger partial charge in [0, 0.05) is 12.4 Å². The van der Waals surface area contributed by atoms with Crippen LogP contribution in [0.5, 0.6) is 0 Å². The highest BCUT2D eigenvalue weighted by Gasteiger charge is 2.09. The normalized spacial score (nSPS) is 11.2. The van der Waals surface area contributed by atoms with Crippen molar-refractivity contribution < 1.29 is 4.79 Å². The van der Waals surface area contributed by atoms with Gasteiger partial charge < -0.3 is 9.72 Å². The van der Waals surface area contributed by atoms with Crippen LogP contribution in [0.15, 0.2) is 53.2 Å². The molecule has 0 saturated carbocycles. The molecule has 0 aliphatic heterocycles. The number of thiophene rings is 1. The lowest BCUT2D eigenvalue weighted by Gasteiger charge is -2.05. The summed E-state index contributed by atoms with van der Waals surface area (Å²) in [7, 11) is 0. The van der Waals surface area contributed by atoms with E-state index in [9.17, 15) is 9.59 Å². The molecule has 0 unspecified atom stereocenters. The van der Waals surface area contributed by atoms with Gasteiger partial charge in [0.05, 0.1) is 24.0 Å². The minimum absolute atomic E-state index is 0.0645. The minimum Gasteiger partial charge on any atom is -0.349 e. The number of fused-ring (bicyclic) bond motifs is 2. The Bertz CT molecular complexity index is 1060. The molecule has 0 bridgehead atoms. The Morgan fingerprint density at radius 1 is 1.29 bits per heavy atom. The molecular formula is C16H13N5O2S. The van der Waals surface area contributed by atoms with Crippen LogP contribution in [-0.2, 0) is 17.9 Å². The first-order valence-electron chi connectivity index (χ1n) is 7.33. The lowest BCUT2D eigenvalue weighted by atomic mass is 10.4. The van der Waals surface area contributed by atoms with Gasteiger partial charge >= 0.3 is 0 Å². The molecule has 8 heteroatoms. The molecule has 0 radical (unpaired) electrons. The van der Waals surface area contributed by atoms with E-state index in [4.69, 9.17) is 0 Å². The fourth-order valence-electron chi connectivity index (χ4n) is 2.48. The summed E-state index contributed by atoms with van der Waals surface area (Å²) < 4.78 is 3.20. The van der Waals surface area contributed by atoms with Crippen LogP contribution in [0, 0.1) is 0 Å². The first kappa shape index (κ1) is 14.6. The summed E-state index contributed by atoms with van der Waals surface area (Å²) in [5.74, 6) is -0.259. The quantitative estimate of drug-likeness (QED) is 0.610. The Morgan fingerprint density at radius 3 is 3.08 bits per heavy atom. The molecular weight excluding hydrogens is 326 g/mol. The van der Waals surface area contributed by atoms with E-state index in [-0.39, 0.29) is 18.0 Å². The third-order valence-electron chi connectivity index (χ3n) is 3.64. The molecule has 0 saturated heterocycles. The van der Waals surface area contributed by atoms with Gasteiger partial charge in [-0.05, 0) is 23.6 Å². The fourth-order valence-corrected chi connectivity index (χ4v) is 3.20. The summed E-state index contributed by atoms with van der Waals surface area (Å²) >= 11 is 1.40. The van der Waals surface area contributed by atoms with E-state index in [0.29, 0.717) is 16.8 Å². The molecule has 4 aromatic heterocycles. The molecule has 1 N–H and O–H groups in total. The van der Waals surface area contributed by atoms with Crippen LogP contribution < -0.4 is 10.9 Å². The molecule has 4 aromatic rings. The second-order valence-corrected chi connectivity index (χ2v) is 6.19. The van der Waals surface area contributed by atoms with Gasteiger partial charge in [-0.1, -0.05) is 6.07 Å². The highest BCUT2D eigenvalue weighted by Crippen LogP contribution is 2.13. The van der Waals surface area contributed by atoms with Crippen LogP contribution in [0.4, 0.5) is 0 Å². The fraction of sp³-hybridized carbons (Fsp3) is 0.125. The zero-order chi connectivity index (χ0) is 16.5. The van der Waals surface area contributed by atoms with Crippen molar-refractivity contribution in [1.29, 1.82) is 0 Å². The van der Waals surface area contributed by atoms with Gasteiger partial charge in [-0.3, -0.25) is 14.2 Å². The van der Waals surface area contributed by atoms with Crippen molar-refractivity contribution in [1.82, 2.24) is 24.3 Å². The van der Waals surface area contributed by atoms with Gasteiger partial charge in [0.15, 0.2) is 0 Å². The number of rotatable bonds is 4. The average molecular weight is 339 g/mol. The number of hydrogen-bond donors (Lipinski definition) is 1. The first-order chi connectivity index (χ1) is 11.7. The van der Waals surface area contributed by atoms with Crippen molar-refractivity contribution in [3.8, 4) is 0 Å². The number of nitrogens with one attached hydrogen (secondary N) is 1. The Morgan fingerprint density at radius 2 is 2.21 bits per heavy atom. The summed E-state index contributed by atoms with van der Waals surface area (Å²) in [6, 6.07) is 7.44. The highest BCUT2D eigenvalue weighted by molar-refractivity contribution is 7.16. The van der Waals surface area contributed by atoms with Crippen LogP contribution in [0.1, 0.15) is 5.69 Å². The third-order valence-corrected chi connectivity index (χ3v) is 4.47. The van der Waals surface area contributed by atoms with Crippen LogP contribution in [0.25, 0.3) is 15.9 Å². The molecule has 0 aliphatic carbocycles. The number of carbonyl (C=O) groups excluding carboxylic acids is 1. The van der Waals surface area contributed by atoms with Gasteiger partial charge in [-0.2, -0.15) is 0 Å². The maximum absolute atomic E-state index is 12.3. The topological polar surface area (TPSA) is 81.3 Å². The maximum atomic E-state index is 12.3. The SMILES string of the molecule is O=C(Cn1cnc2sccc2c1=O)NCc1cn2ccccc2n1. The molecule has 0 aromatic carbocycles. The van der Waals surface area contributed by atoms with Gasteiger partial charge in [0.25, 0.3) is 5.56 Å². The first-order valence-corrected chi connectivity index (χ1v) is 8.20. The van der Waals surface area contributed by atoms with E-state index < -0.39 is 0 Å². The number of hydrogen-bond acceptors (Lipinski definition) is 5. The zero-order valence-corrected chi connectivity index (χ0v) is 13.4. The van der Waals surface area contributed by atoms with Crippen LogP contribution in [0.2, 0.25) is 0 Å². The predicted molar refractivity (Wildman–Crippen MR) is 90.9 cm³/mol. The molecule has 0 fully saturated rings. The summed E-state index contributed by atoms with van der Waals surface area (Å²) in [4.78, 5) is 33.6. The smallest absolute Gasteiger partial charge is 0.262 e. The minimum atomic E-state index is -0.259. The van der Waals surface area contributed by atoms with Crippen LogP contribution in [-0.4, -0.2) is 24.8 Å². The van der Waals surface area contributed by atoms with E-state index in [1.54, 1.807) is 6.07 Å². The molecule has 0 atom stereocenters. The largest absolute Gasteiger partial charge is 0.349 e. The standard InChI is InChI=1S/C16H13N5O2S/c22-14(9-21-10-18-15-12(16(21)23)4-6-24-15)17-7-11-8-20-5-2-1-3-13(20)19-11/h1-6,8,10H,7,9H2,(H,17,22). The van der Waals surface area contributed by atoms with Gasteiger partial charge in [0.2, 0.25) is 5.91 Å². The van der Waals surface area contributed by atoms with Gasteiger partial charge in [-0.15, -0.1) is 11.3 Å². The summed E-state index contributed by atoms with van der Waals surface area (Å²) in [5, 5.41) is 5.13. The van der Waals surface area contributed by atoms with E-state index in [0.717, 1.165) is 11.3 Å². The van der Waals surface area contributed by atoms with Crippen molar-refractivity contribution in [2.75, 3.05) is 0 Å². The lowest BCUT2D eigenvalue weighted by molar-refractivity contribution is -0.121. The number of carbonyl (C=O) groups is 1. The van der Waals surface area contributed by atoms with Crippen molar-refractivity contribution in [3.05, 3.63) is 64.4 Å².